The van der Waals surface area contributed by atoms with Crippen LogP contribution in [-0.2, 0) is 0 Å². The van der Waals surface area contributed by atoms with Crippen LogP contribution < -0.4 is 10.6 Å². The summed E-state index contributed by atoms with van der Waals surface area (Å²) in [5.41, 5.74) is -2.69. The van der Waals surface area contributed by atoms with Gasteiger partial charge in [0.15, 0.2) is 0 Å². The third-order valence-corrected chi connectivity index (χ3v) is 2.80. The van der Waals surface area contributed by atoms with E-state index in [1.807, 2.05) is 0 Å². The number of aliphatic hydroxyl groups is 1. The topological polar surface area (TPSA) is 61.4 Å². The van der Waals surface area contributed by atoms with Gasteiger partial charge in [0, 0.05) is 6.42 Å². The van der Waals surface area contributed by atoms with Crippen molar-refractivity contribution in [2.75, 3.05) is 0 Å². The van der Waals surface area contributed by atoms with Gasteiger partial charge in [-0.3, -0.25) is 0 Å². The summed E-state index contributed by atoms with van der Waals surface area (Å²) in [6, 6.07) is 6.26. The molecular formula is C11H11F3N2O2. The van der Waals surface area contributed by atoms with Crippen LogP contribution >= 0.6 is 0 Å². The van der Waals surface area contributed by atoms with Crippen LogP contribution in [0.5, 0.6) is 0 Å². The quantitative estimate of drug-likeness (QED) is 0.719. The van der Waals surface area contributed by atoms with E-state index in [4.69, 9.17) is 0 Å². The summed E-state index contributed by atoms with van der Waals surface area (Å²) in [5.74, 6) is 0. The summed E-state index contributed by atoms with van der Waals surface area (Å²) < 4.78 is 38.1. The molecule has 3 N–H and O–H groups in total. The molecule has 2 amide bonds. The smallest absolute Gasteiger partial charge is 0.363 e. The Morgan fingerprint density at radius 1 is 1.28 bits per heavy atom. The van der Waals surface area contributed by atoms with Gasteiger partial charge in [0.25, 0.3) is 0 Å². The molecular weight excluding hydrogens is 249 g/mol. The van der Waals surface area contributed by atoms with Crippen LogP contribution in [0.15, 0.2) is 30.3 Å². The van der Waals surface area contributed by atoms with Crippen molar-refractivity contribution >= 4 is 6.03 Å². The minimum Gasteiger partial charge on any atom is -0.363 e. The highest BCUT2D eigenvalue weighted by Crippen LogP contribution is 2.37. The van der Waals surface area contributed by atoms with Gasteiger partial charge in [0.1, 0.15) is 0 Å². The van der Waals surface area contributed by atoms with Crippen molar-refractivity contribution in [3.63, 3.8) is 0 Å². The van der Waals surface area contributed by atoms with Gasteiger partial charge in [-0.25, -0.2) is 4.79 Å². The maximum Gasteiger partial charge on any atom is 0.436 e. The minimum atomic E-state index is -4.92. The summed E-state index contributed by atoms with van der Waals surface area (Å²) in [4.78, 5) is 11.2. The average molecular weight is 260 g/mol. The standard InChI is InChI=1S/C11H11F3N2O2/c12-11(13,14)10(18)6-8(15-9(17)16-10)7-4-2-1-3-5-7/h1-5,8,18H,6H2,(H2,15,16,17)/t8-,10-/m1/s1. The van der Waals surface area contributed by atoms with Crippen molar-refractivity contribution < 1.29 is 23.1 Å². The number of alkyl halides is 3. The summed E-state index contributed by atoms with van der Waals surface area (Å²) in [6.45, 7) is 0. The fourth-order valence-corrected chi connectivity index (χ4v) is 1.85. The second kappa shape index (κ2) is 4.16. The van der Waals surface area contributed by atoms with Crippen molar-refractivity contribution in [2.24, 2.45) is 0 Å². The van der Waals surface area contributed by atoms with E-state index in [0.29, 0.717) is 5.56 Å². The summed E-state index contributed by atoms with van der Waals surface area (Å²) in [7, 11) is 0. The monoisotopic (exact) mass is 260 g/mol. The molecule has 1 fully saturated rings. The van der Waals surface area contributed by atoms with E-state index < -0.39 is 30.4 Å². The van der Waals surface area contributed by atoms with Crippen molar-refractivity contribution in [1.29, 1.82) is 0 Å². The number of carbonyl (C=O) groups excluding carboxylic acids is 1. The van der Waals surface area contributed by atoms with Crippen LogP contribution in [0.2, 0.25) is 0 Å². The SMILES string of the molecule is O=C1N[C@@H](c2ccccc2)C[C@@](O)(C(F)(F)F)N1. The molecule has 0 bridgehead atoms. The Morgan fingerprint density at radius 2 is 1.89 bits per heavy atom. The number of carbonyl (C=O) groups is 1. The maximum absolute atomic E-state index is 12.7. The zero-order valence-electron chi connectivity index (χ0n) is 9.16. The number of urea groups is 1. The van der Waals surface area contributed by atoms with E-state index in [0.717, 1.165) is 0 Å². The number of halogens is 3. The number of hydrogen-bond donors (Lipinski definition) is 3. The van der Waals surface area contributed by atoms with E-state index in [2.05, 4.69) is 5.32 Å². The first-order chi connectivity index (χ1) is 8.32. The number of amides is 2. The van der Waals surface area contributed by atoms with Gasteiger partial charge in [0.2, 0.25) is 5.72 Å². The molecule has 0 aliphatic carbocycles. The molecule has 0 spiro atoms. The number of nitrogens with one attached hydrogen (secondary N) is 2. The van der Waals surface area contributed by atoms with Crippen LogP contribution in [0.3, 0.4) is 0 Å². The van der Waals surface area contributed by atoms with Crippen molar-refractivity contribution in [3.05, 3.63) is 35.9 Å². The first kappa shape index (κ1) is 12.7. The summed E-state index contributed by atoms with van der Waals surface area (Å²) >= 11 is 0. The van der Waals surface area contributed by atoms with E-state index in [9.17, 15) is 23.1 Å². The van der Waals surface area contributed by atoms with Crippen LogP contribution in [-0.4, -0.2) is 23.0 Å². The lowest BCUT2D eigenvalue weighted by Crippen LogP contribution is -2.66. The molecule has 7 heteroatoms. The molecule has 18 heavy (non-hydrogen) atoms. The Bertz CT molecular complexity index is 449. The van der Waals surface area contributed by atoms with E-state index in [1.165, 1.54) is 5.32 Å². The third-order valence-electron chi connectivity index (χ3n) is 2.80. The highest BCUT2D eigenvalue weighted by molar-refractivity contribution is 5.76. The number of hydrogen-bond acceptors (Lipinski definition) is 2. The molecule has 1 aromatic carbocycles. The second-order valence-corrected chi connectivity index (χ2v) is 4.12. The van der Waals surface area contributed by atoms with Gasteiger partial charge in [-0.2, -0.15) is 13.2 Å². The molecule has 0 unspecified atom stereocenters. The second-order valence-electron chi connectivity index (χ2n) is 4.12. The molecule has 1 aliphatic rings. The van der Waals surface area contributed by atoms with Crippen LogP contribution in [0.1, 0.15) is 18.0 Å². The Morgan fingerprint density at radius 3 is 2.44 bits per heavy atom. The Balaban J connectivity index is 2.28. The highest BCUT2D eigenvalue weighted by Gasteiger charge is 2.58. The highest BCUT2D eigenvalue weighted by atomic mass is 19.4. The number of rotatable bonds is 1. The molecule has 2 rings (SSSR count). The lowest BCUT2D eigenvalue weighted by molar-refractivity contribution is -0.275. The lowest BCUT2D eigenvalue weighted by atomic mass is 9.94. The molecule has 1 heterocycles. The largest absolute Gasteiger partial charge is 0.436 e. The van der Waals surface area contributed by atoms with E-state index >= 15 is 0 Å². The van der Waals surface area contributed by atoms with Gasteiger partial charge in [-0.15, -0.1) is 0 Å². The summed E-state index contributed by atoms with van der Waals surface area (Å²) in [5, 5.41) is 13.4. The van der Waals surface area contributed by atoms with Gasteiger partial charge in [0.05, 0.1) is 6.04 Å². The van der Waals surface area contributed by atoms with E-state index in [1.54, 1.807) is 30.3 Å². The minimum absolute atomic E-state index is 0.509. The Kier molecular flexibility index (Phi) is 2.94. The first-order valence-corrected chi connectivity index (χ1v) is 5.24. The van der Waals surface area contributed by atoms with Gasteiger partial charge in [-0.1, -0.05) is 30.3 Å². The molecule has 0 radical (unpaired) electrons. The zero-order valence-corrected chi connectivity index (χ0v) is 9.16. The van der Waals surface area contributed by atoms with Crippen LogP contribution in [0, 0.1) is 0 Å². The van der Waals surface area contributed by atoms with Crippen molar-refractivity contribution in [2.45, 2.75) is 24.4 Å². The molecule has 1 aliphatic heterocycles. The fourth-order valence-electron chi connectivity index (χ4n) is 1.85. The van der Waals surface area contributed by atoms with E-state index in [-0.39, 0.29) is 0 Å². The molecule has 4 nitrogen and oxygen atoms in total. The molecule has 0 aromatic heterocycles. The van der Waals surface area contributed by atoms with Crippen LogP contribution in [0.25, 0.3) is 0 Å². The maximum atomic E-state index is 12.7. The van der Waals surface area contributed by atoms with Gasteiger partial charge >= 0.3 is 12.2 Å². The first-order valence-electron chi connectivity index (χ1n) is 5.24. The predicted molar refractivity (Wildman–Crippen MR) is 56.5 cm³/mol. The van der Waals surface area contributed by atoms with Crippen molar-refractivity contribution in [1.82, 2.24) is 10.6 Å². The van der Waals surface area contributed by atoms with Gasteiger partial charge in [-0.05, 0) is 5.56 Å². The average Bonchev–Trinajstić information content (AvgIpc) is 2.27. The summed E-state index contributed by atoms with van der Waals surface area (Å²) in [6.07, 6.45) is -5.59. The number of benzene rings is 1. The van der Waals surface area contributed by atoms with Gasteiger partial charge < -0.3 is 15.7 Å². The van der Waals surface area contributed by atoms with Crippen LogP contribution in [0.4, 0.5) is 18.0 Å². The molecule has 98 valence electrons. The normalized spacial score (nSPS) is 28.4. The lowest BCUT2D eigenvalue weighted by Gasteiger charge is -2.39. The zero-order chi connectivity index (χ0) is 13.4. The molecule has 1 aromatic rings. The predicted octanol–water partition coefficient (Wildman–Crippen LogP) is 1.68. The van der Waals surface area contributed by atoms with Crippen molar-refractivity contribution in [3.8, 4) is 0 Å². The molecule has 0 saturated carbocycles. The molecule has 2 atom stereocenters. The molecule has 1 saturated heterocycles. The third kappa shape index (κ3) is 2.26. The fraction of sp³-hybridized carbons (Fsp3) is 0.364. The Hall–Kier alpha value is -1.76. The Labute approximate surface area is 101 Å².